The number of aromatic nitrogens is 1. The fourth-order valence-corrected chi connectivity index (χ4v) is 1.54. The van der Waals surface area contributed by atoms with Crippen molar-refractivity contribution in [2.45, 2.75) is 26.3 Å². The Balaban J connectivity index is 2.27. The van der Waals surface area contributed by atoms with Gasteiger partial charge in [-0.25, -0.2) is 4.98 Å². The van der Waals surface area contributed by atoms with Crippen LogP contribution in [0.2, 0.25) is 0 Å². The Labute approximate surface area is 95.5 Å². The zero-order valence-corrected chi connectivity index (χ0v) is 9.82. The molecule has 1 aromatic heterocycles. The Bertz CT molecular complexity index is 455. The van der Waals surface area contributed by atoms with E-state index in [0.717, 1.165) is 17.0 Å². The highest BCUT2D eigenvalue weighted by Gasteiger charge is 2.10. The molecule has 0 saturated carbocycles. The van der Waals surface area contributed by atoms with Crippen LogP contribution in [0.1, 0.15) is 20.8 Å². The van der Waals surface area contributed by atoms with Crippen molar-refractivity contribution in [2.75, 3.05) is 5.32 Å². The van der Waals surface area contributed by atoms with E-state index in [-0.39, 0.29) is 5.54 Å². The number of rotatable bonds is 2. The summed E-state index contributed by atoms with van der Waals surface area (Å²) in [6.07, 6.45) is 3.16. The van der Waals surface area contributed by atoms with Crippen molar-refractivity contribution in [3.8, 4) is 11.3 Å². The highest BCUT2D eigenvalue weighted by atomic mass is 16.3. The molecule has 1 N–H and O–H groups in total. The molecule has 1 heterocycles. The molecule has 0 aliphatic carbocycles. The predicted octanol–water partition coefficient (Wildman–Crippen LogP) is 3.55. The Kier molecular flexibility index (Phi) is 2.69. The molecule has 2 aromatic rings. The molecule has 2 rings (SSSR count). The molecule has 0 spiro atoms. The minimum atomic E-state index is 0.0556. The van der Waals surface area contributed by atoms with Crippen LogP contribution in [0.25, 0.3) is 11.3 Å². The molecular formula is C13H16N2O. The van der Waals surface area contributed by atoms with Gasteiger partial charge in [0, 0.05) is 16.8 Å². The first-order valence-electron chi connectivity index (χ1n) is 5.32. The lowest BCUT2D eigenvalue weighted by molar-refractivity contribution is 0.572. The van der Waals surface area contributed by atoms with Crippen molar-refractivity contribution in [2.24, 2.45) is 0 Å². The summed E-state index contributed by atoms with van der Waals surface area (Å²) in [5.74, 6) is 0.789. The van der Waals surface area contributed by atoms with Crippen LogP contribution < -0.4 is 5.32 Å². The van der Waals surface area contributed by atoms with Crippen LogP contribution in [0.4, 0.5) is 5.69 Å². The molecule has 0 amide bonds. The Hall–Kier alpha value is -1.77. The van der Waals surface area contributed by atoms with E-state index in [1.807, 2.05) is 18.2 Å². The van der Waals surface area contributed by atoms with E-state index < -0.39 is 0 Å². The van der Waals surface area contributed by atoms with Gasteiger partial charge in [0.25, 0.3) is 0 Å². The van der Waals surface area contributed by atoms with E-state index in [1.54, 1.807) is 6.20 Å². The highest BCUT2D eigenvalue weighted by molar-refractivity contribution is 5.63. The number of nitrogens with zero attached hydrogens (tertiary/aromatic N) is 1. The van der Waals surface area contributed by atoms with Gasteiger partial charge in [-0.15, -0.1) is 0 Å². The summed E-state index contributed by atoms with van der Waals surface area (Å²) < 4.78 is 5.27. The predicted molar refractivity (Wildman–Crippen MR) is 65.3 cm³/mol. The second-order valence-electron chi connectivity index (χ2n) is 4.82. The maximum Gasteiger partial charge on any atom is 0.181 e. The highest BCUT2D eigenvalue weighted by Crippen LogP contribution is 2.23. The topological polar surface area (TPSA) is 38.1 Å². The average Bonchev–Trinajstić information content (AvgIpc) is 2.68. The molecule has 0 unspecified atom stereocenters. The molecule has 1 aromatic carbocycles. The second kappa shape index (κ2) is 4.00. The lowest BCUT2D eigenvalue weighted by Crippen LogP contribution is -2.25. The van der Waals surface area contributed by atoms with Crippen LogP contribution in [-0.2, 0) is 0 Å². The van der Waals surface area contributed by atoms with Gasteiger partial charge < -0.3 is 9.73 Å². The van der Waals surface area contributed by atoms with Crippen LogP contribution in [0.3, 0.4) is 0 Å². The van der Waals surface area contributed by atoms with Crippen molar-refractivity contribution in [3.05, 3.63) is 36.9 Å². The third-order valence-corrected chi connectivity index (χ3v) is 2.10. The first kappa shape index (κ1) is 10.7. The monoisotopic (exact) mass is 216 g/mol. The summed E-state index contributed by atoms with van der Waals surface area (Å²) >= 11 is 0. The van der Waals surface area contributed by atoms with Gasteiger partial charge in [-0.05, 0) is 32.9 Å². The SMILES string of the molecule is CC(C)(C)Nc1cccc(-c2cnco2)c1. The first-order chi connectivity index (χ1) is 7.54. The van der Waals surface area contributed by atoms with Gasteiger partial charge in [0.1, 0.15) is 0 Å². The van der Waals surface area contributed by atoms with Gasteiger partial charge in [-0.1, -0.05) is 12.1 Å². The van der Waals surface area contributed by atoms with Crippen LogP contribution >= 0.6 is 0 Å². The molecule has 0 saturated heterocycles. The van der Waals surface area contributed by atoms with Crippen molar-refractivity contribution in [3.63, 3.8) is 0 Å². The van der Waals surface area contributed by atoms with Gasteiger partial charge >= 0.3 is 0 Å². The fraction of sp³-hybridized carbons (Fsp3) is 0.308. The lowest BCUT2D eigenvalue weighted by atomic mass is 10.1. The zero-order valence-electron chi connectivity index (χ0n) is 9.82. The van der Waals surface area contributed by atoms with Crippen molar-refractivity contribution >= 4 is 5.69 Å². The van der Waals surface area contributed by atoms with Crippen LogP contribution in [0.5, 0.6) is 0 Å². The van der Waals surface area contributed by atoms with Gasteiger partial charge in [0.2, 0.25) is 0 Å². The number of benzene rings is 1. The van der Waals surface area contributed by atoms with E-state index >= 15 is 0 Å². The minimum Gasteiger partial charge on any atom is -0.444 e. The lowest BCUT2D eigenvalue weighted by Gasteiger charge is -2.22. The molecule has 3 nitrogen and oxygen atoms in total. The summed E-state index contributed by atoms with van der Waals surface area (Å²) in [5.41, 5.74) is 2.17. The van der Waals surface area contributed by atoms with Crippen LogP contribution in [0.15, 0.2) is 41.3 Å². The molecular weight excluding hydrogens is 200 g/mol. The van der Waals surface area contributed by atoms with Crippen molar-refractivity contribution < 1.29 is 4.42 Å². The third-order valence-electron chi connectivity index (χ3n) is 2.10. The molecule has 0 aliphatic rings. The maximum atomic E-state index is 5.27. The summed E-state index contributed by atoms with van der Waals surface area (Å²) in [6.45, 7) is 6.40. The van der Waals surface area contributed by atoms with Gasteiger partial charge in [-0.2, -0.15) is 0 Å². The number of hydrogen-bond donors (Lipinski definition) is 1. The summed E-state index contributed by atoms with van der Waals surface area (Å²) in [4.78, 5) is 3.92. The summed E-state index contributed by atoms with van der Waals surface area (Å²) in [6, 6.07) is 8.12. The molecule has 3 heteroatoms. The van der Waals surface area contributed by atoms with Crippen LogP contribution in [0, 0.1) is 0 Å². The minimum absolute atomic E-state index is 0.0556. The quantitative estimate of drug-likeness (QED) is 0.834. The van der Waals surface area contributed by atoms with Crippen molar-refractivity contribution in [1.29, 1.82) is 0 Å². The Morgan fingerprint density at radius 1 is 1.25 bits per heavy atom. The Morgan fingerprint density at radius 2 is 2.06 bits per heavy atom. The molecule has 0 radical (unpaired) electrons. The number of nitrogens with one attached hydrogen (secondary N) is 1. The normalized spacial score (nSPS) is 11.4. The maximum absolute atomic E-state index is 5.27. The average molecular weight is 216 g/mol. The molecule has 0 aliphatic heterocycles. The largest absolute Gasteiger partial charge is 0.444 e. The standard InChI is InChI=1S/C13H16N2O/c1-13(2,3)15-11-6-4-5-10(7-11)12-8-14-9-16-12/h4-9,15H,1-3H3. The van der Waals surface area contributed by atoms with Gasteiger partial charge in [0.05, 0.1) is 6.20 Å². The third kappa shape index (κ3) is 2.63. The first-order valence-corrected chi connectivity index (χ1v) is 5.32. The van der Waals surface area contributed by atoms with Gasteiger partial charge in [-0.3, -0.25) is 0 Å². The molecule has 16 heavy (non-hydrogen) atoms. The van der Waals surface area contributed by atoms with E-state index in [2.05, 4.69) is 37.1 Å². The van der Waals surface area contributed by atoms with Gasteiger partial charge in [0.15, 0.2) is 12.2 Å². The molecule has 0 fully saturated rings. The molecule has 84 valence electrons. The van der Waals surface area contributed by atoms with E-state index in [4.69, 9.17) is 4.42 Å². The van der Waals surface area contributed by atoms with E-state index in [0.29, 0.717) is 0 Å². The van der Waals surface area contributed by atoms with Crippen molar-refractivity contribution in [1.82, 2.24) is 4.98 Å². The summed E-state index contributed by atoms with van der Waals surface area (Å²) in [5, 5.41) is 3.42. The smallest absolute Gasteiger partial charge is 0.181 e. The number of hydrogen-bond acceptors (Lipinski definition) is 3. The van der Waals surface area contributed by atoms with Crippen LogP contribution in [-0.4, -0.2) is 10.5 Å². The van der Waals surface area contributed by atoms with E-state index in [1.165, 1.54) is 6.39 Å². The fourth-order valence-electron chi connectivity index (χ4n) is 1.54. The number of oxazole rings is 1. The molecule has 0 atom stereocenters. The second-order valence-corrected chi connectivity index (χ2v) is 4.82. The number of anilines is 1. The molecule has 0 bridgehead atoms. The Morgan fingerprint density at radius 3 is 2.69 bits per heavy atom. The summed E-state index contributed by atoms with van der Waals surface area (Å²) in [7, 11) is 0. The zero-order chi connectivity index (χ0) is 11.6. The van der Waals surface area contributed by atoms with E-state index in [9.17, 15) is 0 Å².